The Morgan fingerprint density at radius 1 is 1.14 bits per heavy atom. The highest BCUT2D eigenvalue weighted by Crippen LogP contribution is 2.21. The predicted molar refractivity (Wildman–Crippen MR) is 113 cm³/mol. The number of carbonyl (C=O) groups is 1. The summed E-state index contributed by atoms with van der Waals surface area (Å²) < 4.78 is 0.993. The number of aryl methyl sites for hydroxylation is 1. The fourth-order valence-corrected chi connectivity index (χ4v) is 4.03. The van der Waals surface area contributed by atoms with Crippen molar-refractivity contribution in [3.63, 3.8) is 0 Å². The number of halogens is 1. The predicted octanol–water partition coefficient (Wildman–Crippen LogP) is 3.59. The van der Waals surface area contributed by atoms with E-state index in [1.54, 1.807) is 0 Å². The Balaban J connectivity index is 1.28. The molecule has 2 aromatic rings. The van der Waals surface area contributed by atoms with Crippen molar-refractivity contribution in [1.29, 1.82) is 0 Å². The van der Waals surface area contributed by atoms with Gasteiger partial charge in [0, 0.05) is 49.2 Å². The molecule has 1 atom stereocenters. The topological polar surface area (TPSA) is 45.1 Å². The number of hydrogen-bond acceptors (Lipinski definition) is 4. The van der Waals surface area contributed by atoms with Gasteiger partial charge in [0.2, 0.25) is 6.10 Å². The van der Waals surface area contributed by atoms with E-state index in [2.05, 4.69) is 57.2 Å². The first-order chi connectivity index (χ1) is 13.6. The molecule has 146 valence electrons. The van der Waals surface area contributed by atoms with Gasteiger partial charge in [-0.2, -0.15) is 0 Å². The number of piperazine rings is 1. The maximum atomic E-state index is 12.8. The summed E-state index contributed by atoms with van der Waals surface area (Å²) in [6.45, 7) is 6.26. The van der Waals surface area contributed by atoms with Crippen LogP contribution in [0.15, 0.2) is 58.2 Å². The SMILES string of the molecule is Cc1ccc(CN2CCN(C(=O)C3CC(c4cccc(Br)c4)=NO3)CC2)cc1. The summed E-state index contributed by atoms with van der Waals surface area (Å²) in [5.74, 6) is 0.0451. The minimum absolute atomic E-state index is 0.0451. The van der Waals surface area contributed by atoms with E-state index < -0.39 is 6.10 Å². The third-order valence-electron chi connectivity index (χ3n) is 5.31. The van der Waals surface area contributed by atoms with E-state index in [1.165, 1.54) is 11.1 Å². The van der Waals surface area contributed by atoms with Crippen LogP contribution in [0.1, 0.15) is 23.1 Å². The molecule has 2 aliphatic heterocycles. The van der Waals surface area contributed by atoms with Crippen LogP contribution in [0.4, 0.5) is 0 Å². The van der Waals surface area contributed by atoms with Crippen molar-refractivity contribution in [2.45, 2.75) is 26.0 Å². The maximum absolute atomic E-state index is 12.8. The molecule has 6 heteroatoms. The standard InChI is InChI=1S/C22H24BrN3O2/c1-16-5-7-17(8-6-16)15-25-9-11-26(12-10-25)22(27)21-14-20(24-28-21)18-3-2-4-19(23)13-18/h2-8,13,21H,9-12,14-15H2,1H3. The minimum atomic E-state index is -0.502. The molecule has 5 nitrogen and oxygen atoms in total. The van der Waals surface area contributed by atoms with Crippen molar-refractivity contribution in [2.24, 2.45) is 5.16 Å². The number of nitrogens with zero attached hydrogens (tertiary/aromatic N) is 3. The zero-order chi connectivity index (χ0) is 19.5. The molecule has 2 heterocycles. The van der Waals surface area contributed by atoms with Gasteiger partial charge in [-0.1, -0.05) is 63.0 Å². The van der Waals surface area contributed by atoms with E-state index in [-0.39, 0.29) is 5.91 Å². The van der Waals surface area contributed by atoms with Crippen molar-refractivity contribution >= 4 is 27.5 Å². The Labute approximate surface area is 174 Å². The lowest BCUT2D eigenvalue weighted by molar-refractivity contribution is -0.143. The number of carbonyl (C=O) groups excluding carboxylic acids is 1. The van der Waals surface area contributed by atoms with E-state index in [0.717, 1.165) is 48.5 Å². The fourth-order valence-electron chi connectivity index (χ4n) is 3.63. The van der Waals surface area contributed by atoms with Gasteiger partial charge in [0.05, 0.1) is 5.71 Å². The van der Waals surface area contributed by atoms with Crippen molar-refractivity contribution < 1.29 is 9.63 Å². The van der Waals surface area contributed by atoms with Crippen molar-refractivity contribution in [1.82, 2.24) is 9.80 Å². The molecule has 4 rings (SSSR count). The summed E-state index contributed by atoms with van der Waals surface area (Å²) in [6, 6.07) is 16.6. The Morgan fingerprint density at radius 2 is 1.89 bits per heavy atom. The Hall–Kier alpha value is -2.18. The second kappa shape index (κ2) is 8.45. The number of oxime groups is 1. The van der Waals surface area contributed by atoms with Crippen LogP contribution < -0.4 is 0 Å². The Morgan fingerprint density at radius 3 is 2.61 bits per heavy atom. The van der Waals surface area contributed by atoms with Gasteiger partial charge in [0.1, 0.15) is 0 Å². The van der Waals surface area contributed by atoms with E-state index in [9.17, 15) is 4.79 Å². The third-order valence-corrected chi connectivity index (χ3v) is 5.81. The maximum Gasteiger partial charge on any atom is 0.266 e. The molecule has 1 saturated heterocycles. The van der Waals surface area contributed by atoms with Crippen LogP contribution in [0.5, 0.6) is 0 Å². The highest BCUT2D eigenvalue weighted by atomic mass is 79.9. The summed E-state index contributed by atoms with van der Waals surface area (Å²) in [4.78, 5) is 22.6. The summed E-state index contributed by atoms with van der Waals surface area (Å²) in [5, 5.41) is 4.16. The molecule has 0 bridgehead atoms. The van der Waals surface area contributed by atoms with Crippen molar-refractivity contribution in [2.75, 3.05) is 26.2 Å². The molecule has 1 unspecified atom stereocenters. The first-order valence-corrected chi connectivity index (χ1v) is 10.4. The average Bonchev–Trinajstić information content (AvgIpc) is 3.20. The van der Waals surface area contributed by atoms with Gasteiger partial charge in [-0.15, -0.1) is 0 Å². The normalized spacial score (nSPS) is 20.0. The molecule has 28 heavy (non-hydrogen) atoms. The second-order valence-electron chi connectivity index (χ2n) is 7.43. The minimum Gasteiger partial charge on any atom is -0.382 e. The summed E-state index contributed by atoms with van der Waals surface area (Å²) in [6.07, 6.45) is 0.0245. The monoisotopic (exact) mass is 441 g/mol. The van der Waals surface area contributed by atoms with Gasteiger partial charge in [-0.3, -0.25) is 9.69 Å². The zero-order valence-corrected chi connectivity index (χ0v) is 17.6. The molecule has 0 radical (unpaired) electrons. The van der Waals surface area contributed by atoms with Gasteiger partial charge >= 0.3 is 0 Å². The number of benzene rings is 2. The van der Waals surface area contributed by atoms with Crippen LogP contribution in [-0.4, -0.2) is 53.7 Å². The van der Waals surface area contributed by atoms with E-state index in [4.69, 9.17) is 4.84 Å². The smallest absolute Gasteiger partial charge is 0.266 e. The molecule has 0 N–H and O–H groups in total. The summed E-state index contributed by atoms with van der Waals surface area (Å²) >= 11 is 3.47. The molecular weight excluding hydrogens is 418 g/mol. The van der Waals surface area contributed by atoms with Gasteiger partial charge in [0.15, 0.2) is 0 Å². The largest absolute Gasteiger partial charge is 0.382 e. The average molecular weight is 442 g/mol. The molecule has 1 fully saturated rings. The number of rotatable bonds is 4. The summed E-state index contributed by atoms with van der Waals surface area (Å²) in [7, 11) is 0. The van der Waals surface area contributed by atoms with Crippen LogP contribution in [0.2, 0.25) is 0 Å². The molecule has 0 saturated carbocycles. The third kappa shape index (κ3) is 4.45. The van der Waals surface area contributed by atoms with Crippen molar-refractivity contribution in [3.8, 4) is 0 Å². The van der Waals surface area contributed by atoms with Crippen molar-refractivity contribution in [3.05, 3.63) is 69.7 Å². The first kappa shape index (κ1) is 19.2. The van der Waals surface area contributed by atoms with Crippen LogP contribution in [0.3, 0.4) is 0 Å². The molecule has 0 aliphatic carbocycles. The Bertz CT molecular complexity index is 874. The second-order valence-corrected chi connectivity index (χ2v) is 8.35. The molecule has 2 aromatic carbocycles. The van der Waals surface area contributed by atoms with Crippen LogP contribution in [0, 0.1) is 6.92 Å². The quantitative estimate of drug-likeness (QED) is 0.727. The lowest BCUT2D eigenvalue weighted by Crippen LogP contribution is -2.51. The molecule has 1 amide bonds. The van der Waals surface area contributed by atoms with E-state index in [0.29, 0.717) is 6.42 Å². The van der Waals surface area contributed by atoms with E-state index >= 15 is 0 Å². The van der Waals surface area contributed by atoms with Crippen LogP contribution in [0.25, 0.3) is 0 Å². The number of hydrogen-bond donors (Lipinski definition) is 0. The molecule has 0 spiro atoms. The van der Waals surface area contributed by atoms with Crippen LogP contribution >= 0.6 is 15.9 Å². The highest BCUT2D eigenvalue weighted by molar-refractivity contribution is 9.10. The first-order valence-electron chi connectivity index (χ1n) is 9.64. The van der Waals surface area contributed by atoms with Gasteiger partial charge < -0.3 is 9.74 Å². The van der Waals surface area contributed by atoms with Gasteiger partial charge in [0.25, 0.3) is 5.91 Å². The fraction of sp³-hybridized carbons (Fsp3) is 0.364. The van der Waals surface area contributed by atoms with Crippen LogP contribution in [-0.2, 0) is 16.2 Å². The lowest BCUT2D eigenvalue weighted by Gasteiger charge is -2.35. The lowest BCUT2D eigenvalue weighted by atomic mass is 10.0. The number of amides is 1. The zero-order valence-electron chi connectivity index (χ0n) is 16.0. The molecule has 2 aliphatic rings. The highest BCUT2D eigenvalue weighted by Gasteiger charge is 2.33. The van der Waals surface area contributed by atoms with E-state index in [1.807, 2.05) is 29.2 Å². The molecular formula is C22H24BrN3O2. The summed E-state index contributed by atoms with van der Waals surface area (Å²) in [5.41, 5.74) is 4.42. The molecule has 0 aromatic heterocycles. The van der Waals surface area contributed by atoms with Gasteiger partial charge in [-0.05, 0) is 24.6 Å². The van der Waals surface area contributed by atoms with Gasteiger partial charge in [-0.25, -0.2) is 0 Å². The Kier molecular flexibility index (Phi) is 5.78.